The number of oxime groups is 1. The van der Waals surface area contributed by atoms with Crippen molar-refractivity contribution in [3.63, 3.8) is 0 Å². The second kappa shape index (κ2) is 8.51. The first-order valence-corrected chi connectivity index (χ1v) is 4.49. The maximum absolute atomic E-state index is 5.02. The summed E-state index contributed by atoms with van der Waals surface area (Å²) in [5, 5.41) is 3.81. The standard InChI is InChI=1S/C10H14N2O.ClH/c1-2-3-7-13-12-9-10-5-4-6-11-8-10;/h4-6,8-9H,2-3,7H2,1H3;1H. The number of unbranched alkanes of at least 4 members (excludes halogenated alkanes) is 1. The maximum Gasteiger partial charge on any atom is 0.117 e. The van der Waals surface area contributed by atoms with Crippen LogP contribution in [-0.2, 0) is 4.84 Å². The molecule has 1 rings (SSSR count). The Hall–Kier alpha value is -1.09. The zero-order chi connectivity index (χ0) is 9.36. The predicted molar refractivity (Wildman–Crippen MR) is 59.9 cm³/mol. The Balaban J connectivity index is 0.00000169. The van der Waals surface area contributed by atoms with Gasteiger partial charge in [0.1, 0.15) is 6.61 Å². The molecule has 0 radical (unpaired) electrons. The summed E-state index contributed by atoms with van der Waals surface area (Å²) in [5.74, 6) is 0. The third-order valence-corrected chi connectivity index (χ3v) is 1.55. The first kappa shape index (κ1) is 12.9. The predicted octanol–water partition coefficient (Wildman–Crippen LogP) is 2.65. The van der Waals surface area contributed by atoms with Crippen LogP contribution in [0.5, 0.6) is 0 Å². The minimum Gasteiger partial charge on any atom is -0.396 e. The van der Waals surface area contributed by atoms with Crippen molar-refractivity contribution in [1.82, 2.24) is 4.98 Å². The van der Waals surface area contributed by atoms with Crippen LogP contribution < -0.4 is 0 Å². The lowest BCUT2D eigenvalue weighted by Gasteiger charge is -1.95. The molecule has 0 aliphatic heterocycles. The van der Waals surface area contributed by atoms with Gasteiger partial charge in [0.2, 0.25) is 0 Å². The molecule has 0 aliphatic carbocycles. The summed E-state index contributed by atoms with van der Waals surface area (Å²) >= 11 is 0. The van der Waals surface area contributed by atoms with Crippen molar-refractivity contribution >= 4 is 18.6 Å². The van der Waals surface area contributed by atoms with Crippen molar-refractivity contribution in [3.05, 3.63) is 30.1 Å². The van der Waals surface area contributed by atoms with Gasteiger partial charge in [-0.25, -0.2) is 0 Å². The third-order valence-electron chi connectivity index (χ3n) is 1.55. The lowest BCUT2D eigenvalue weighted by atomic mass is 10.3. The Morgan fingerprint density at radius 3 is 3.07 bits per heavy atom. The Labute approximate surface area is 90.6 Å². The third kappa shape index (κ3) is 5.54. The molecule has 3 nitrogen and oxygen atoms in total. The van der Waals surface area contributed by atoms with Gasteiger partial charge in [0.15, 0.2) is 0 Å². The fourth-order valence-electron chi connectivity index (χ4n) is 0.812. The molecule has 78 valence electrons. The summed E-state index contributed by atoms with van der Waals surface area (Å²) in [4.78, 5) is 8.97. The molecule has 0 bridgehead atoms. The molecule has 0 saturated carbocycles. The molecule has 14 heavy (non-hydrogen) atoms. The van der Waals surface area contributed by atoms with Crippen LogP contribution in [0.3, 0.4) is 0 Å². The molecule has 0 spiro atoms. The van der Waals surface area contributed by atoms with E-state index < -0.39 is 0 Å². The lowest BCUT2D eigenvalue weighted by molar-refractivity contribution is 0.143. The molecule has 0 aromatic carbocycles. The highest BCUT2D eigenvalue weighted by Crippen LogP contribution is 1.92. The van der Waals surface area contributed by atoms with Crippen molar-refractivity contribution in [2.75, 3.05) is 6.61 Å². The number of aromatic nitrogens is 1. The zero-order valence-electron chi connectivity index (χ0n) is 8.22. The van der Waals surface area contributed by atoms with Crippen LogP contribution in [0.15, 0.2) is 29.7 Å². The topological polar surface area (TPSA) is 34.5 Å². The monoisotopic (exact) mass is 214 g/mol. The second-order valence-corrected chi connectivity index (χ2v) is 2.71. The van der Waals surface area contributed by atoms with E-state index in [2.05, 4.69) is 17.1 Å². The van der Waals surface area contributed by atoms with E-state index in [1.54, 1.807) is 18.6 Å². The molecular formula is C10H15ClN2O. The minimum absolute atomic E-state index is 0. The van der Waals surface area contributed by atoms with Crippen LogP contribution >= 0.6 is 12.4 Å². The van der Waals surface area contributed by atoms with Crippen LogP contribution in [0, 0.1) is 0 Å². The van der Waals surface area contributed by atoms with E-state index in [1.165, 1.54) is 0 Å². The van der Waals surface area contributed by atoms with Crippen molar-refractivity contribution < 1.29 is 4.84 Å². The molecule has 0 unspecified atom stereocenters. The molecule has 4 heteroatoms. The van der Waals surface area contributed by atoms with Crippen LogP contribution in [0.1, 0.15) is 25.3 Å². The van der Waals surface area contributed by atoms with Gasteiger partial charge in [-0.2, -0.15) is 0 Å². The van der Waals surface area contributed by atoms with Crippen molar-refractivity contribution in [3.8, 4) is 0 Å². The normalized spacial score (nSPS) is 9.79. The van der Waals surface area contributed by atoms with Gasteiger partial charge in [-0.05, 0) is 12.5 Å². The Bertz CT molecular complexity index is 252. The van der Waals surface area contributed by atoms with Crippen LogP contribution in [0.2, 0.25) is 0 Å². The lowest BCUT2D eigenvalue weighted by Crippen LogP contribution is -1.88. The van der Waals surface area contributed by atoms with E-state index in [-0.39, 0.29) is 12.4 Å². The van der Waals surface area contributed by atoms with Crippen molar-refractivity contribution in [2.24, 2.45) is 5.16 Å². The molecule has 0 fully saturated rings. The average Bonchev–Trinajstić information content (AvgIpc) is 2.19. The molecule has 0 atom stereocenters. The number of halogens is 1. The Morgan fingerprint density at radius 1 is 1.57 bits per heavy atom. The fourth-order valence-corrected chi connectivity index (χ4v) is 0.812. The minimum atomic E-state index is 0. The van der Waals surface area contributed by atoms with Gasteiger partial charge >= 0.3 is 0 Å². The van der Waals surface area contributed by atoms with Gasteiger partial charge in [-0.1, -0.05) is 24.6 Å². The largest absolute Gasteiger partial charge is 0.396 e. The summed E-state index contributed by atoms with van der Waals surface area (Å²) in [7, 11) is 0. The molecular weight excluding hydrogens is 200 g/mol. The molecule has 1 aromatic rings. The van der Waals surface area contributed by atoms with Gasteiger partial charge in [0.05, 0.1) is 6.21 Å². The van der Waals surface area contributed by atoms with E-state index >= 15 is 0 Å². The molecule has 1 heterocycles. The number of hydrogen-bond donors (Lipinski definition) is 0. The second-order valence-electron chi connectivity index (χ2n) is 2.71. The van der Waals surface area contributed by atoms with Crippen LogP contribution in [0.25, 0.3) is 0 Å². The number of rotatable bonds is 5. The summed E-state index contributed by atoms with van der Waals surface area (Å²) in [6, 6.07) is 3.80. The highest BCUT2D eigenvalue weighted by atomic mass is 35.5. The van der Waals surface area contributed by atoms with Crippen LogP contribution in [-0.4, -0.2) is 17.8 Å². The molecule has 0 N–H and O–H groups in total. The van der Waals surface area contributed by atoms with E-state index in [4.69, 9.17) is 4.84 Å². The van der Waals surface area contributed by atoms with Gasteiger partial charge in [-0.3, -0.25) is 4.98 Å². The molecule has 1 aromatic heterocycles. The fraction of sp³-hybridized carbons (Fsp3) is 0.400. The van der Waals surface area contributed by atoms with Gasteiger partial charge < -0.3 is 4.84 Å². The highest BCUT2D eigenvalue weighted by molar-refractivity contribution is 5.85. The van der Waals surface area contributed by atoms with Crippen LogP contribution in [0.4, 0.5) is 0 Å². The van der Waals surface area contributed by atoms with Gasteiger partial charge in [-0.15, -0.1) is 12.4 Å². The van der Waals surface area contributed by atoms with Crippen molar-refractivity contribution in [1.29, 1.82) is 0 Å². The molecule has 0 aliphatic rings. The smallest absolute Gasteiger partial charge is 0.117 e. The highest BCUT2D eigenvalue weighted by Gasteiger charge is 1.85. The zero-order valence-corrected chi connectivity index (χ0v) is 9.04. The first-order chi connectivity index (χ1) is 6.43. The van der Waals surface area contributed by atoms with Gasteiger partial charge in [0, 0.05) is 18.0 Å². The SMILES string of the molecule is CCCCON=Cc1cccnc1.Cl. The quantitative estimate of drug-likeness (QED) is 0.429. The summed E-state index contributed by atoms with van der Waals surface area (Å²) in [6.45, 7) is 2.81. The van der Waals surface area contributed by atoms with Crippen molar-refractivity contribution in [2.45, 2.75) is 19.8 Å². The average molecular weight is 215 g/mol. The van der Waals surface area contributed by atoms with E-state index in [9.17, 15) is 0 Å². The maximum atomic E-state index is 5.02. The number of hydrogen-bond acceptors (Lipinski definition) is 3. The first-order valence-electron chi connectivity index (χ1n) is 4.49. The summed E-state index contributed by atoms with van der Waals surface area (Å²) < 4.78 is 0. The Kier molecular flexibility index (Phi) is 7.84. The van der Waals surface area contributed by atoms with E-state index in [1.807, 2.05) is 12.1 Å². The summed E-state index contributed by atoms with van der Waals surface area (Å²) in [5.41, 5.74) is 0.957. The van der Waals surface area contributed by atoms with E-state index in [0.29, 0.717) is 6.61 Å². The summed E-state index contributed by atoms with van der Waals surface area (Å²) in [6.07, 6.45) is 7.32. The van der Waals surface area contributed by atoms with E-state index in [0.717, 1.165) is 18.4 Å². The number of nitrogens with zero attached hydrogens (tertiary/aromatic N) is 2. The molecule has 0 amide bonds. The van der Waals surface area contributed by atoms with Gasteiger partial charge in [0.25, 0.3) is 0 Å². The Morgan fingerprint density at radius 2 is 2.43 bits per heavy atom. The molecule has 0 saturated heterocycles. The number of pyridine rings is 1.